The summed E-state index contributed by atoms with van der Waals surface area (Å²) >= 11 is 1.56. The van der Waals surface area contributed by atoms with E-state index in [0.29, 0.717) is 5.56 Å². The summed E-state index contributed by atoms with van der Waals surface area (Å²) in [5, 5.41) is 18.9. The van der Waals surface area contributed by atoms with Crippen LogP contribution in [-0.4, -0.2) is 15.0 Å². The van der Waals surface area contributed by atoms with Crippen molar-refractivity contribution in [2.24, 2.45) is 5.14 Å². The van der Waals surface area contributed by atoms with Gasteiger partial charge in [0.25, 0.3) is 0 Å². The number of primary sulfonamides is 1. The minimum absolute atomic E-state index is 0.127. The first kappa shape index (κ1) is 15.7. The SMILES string of the molecule is N#Cc1csc(CNCCc2ccc(S(N)(=O)=O)cc2)c1. The number of hydrogen-bond donors (Lipinski definition) is 2. The number of rotatable bonds is 6. The van der Waals surface area contributed by atoms with E-state index in [1.165, 1.54) is 12.1 Å². The average Bonchev–Trinajstić information content (AvgIpc) is 2.91. The molecule has 0 bridgehead atoms. The van der Waals surface area contributed by atoms with Gasteiger partial charge in [0.15, 0.2) is 0 Å². The van der Waals surface area contributed by atoms with Crippen LogP contribution in [0.5, 0.6) is 0 Å². The molecule has 2 aromatic rings. The number of nitrogens with two attached hydrogens (primary N) is 1. The first-order valence-electron chi connectivity index (χ1n) is 6.29. The summed E-state index contributed by atoms with van der Waals surface area (Å²) in [5.74, 6) is 0. The van der Waals surface area contributed by atoms with E-state index in [9.17, 15) is 8.42 Å². The third kappa shape index (κ3) is 4.65. The molecule has 0 aliphatic carbocycles. The zero-order valence-electron chi connectivity index (χ0n) is 11.2. The third-order valence-corrected chi connectivity index (χ3v) is 4.79. The van der Waals surface area contributed by atoms with E-state index in [2.05, 4.69) is 11.4 Å². The van der Waals surface area contributed by atoms with Crippen molar-refractivity contribution >= 4 is 21.4 Å². The molecule has 0 amide bonds. The number of hydrogen-bond acceptors (Lipinski definition) is 5. The van der Waals surface area contributed by atoms with Crippen LogP contribution in [-0.2, 0) is 23.0 Å². The van der Waals surface area contributed by atoms with Gasteiger partial charge in [-0.05, 0) is 36.7 Å². The summed E-state index contributed by atoms with van der Waals surface area (Å²) in [6.07, 6.45) is 0.793. The van der Waals surface area contributed by atoms with Crippen molar-refractivity contribution in [1.82, 2.24) is 5.32 Å². The first-order chi connectivity index (χ1) is 9.99. The molecule has 110 valence electrons. The van der Waals surface area contributed by atoms with E-state index in [1.54, 1.807) is 23.5 Å². The van der Waals surface area contributed by atoms with Crippen LogP contribution in [0.3, 0.4) is 0 Å². The fraction of sp³-hybridized carbons (Fsp3) is 0.214. The molecule has 21 heavy (non-hydrogen) atoms. The normalized spacial score (nSPS) is 11.2. The second kappa shape index (κ2) is 6.83. The second-order valence-corrected chi connectivity index (χ2v) is 7.09. The smallest absolute Gasteiger partial charge is 0.238 e. The highest BCUT2D eigenvalue weighted by Crippen LogP contribution is 2.13. The summed E-state index contributed by atoms with van der Waals surface area (Å²) in [5.41, 5.74) is 1.73. The van der Waals surface area contributed by atoms with Crippen LogP contribution < -0.4 is 10.5 Å². The zero-order chi connectivity index (χ0) is 15.3. The first-order valence-corrected chi connectivity index (χ1v) is 8.71. The van der Waals surface area contributed by atoms with E-state index in [0.717, 1.165) is 30.0 Å². The predicted octanol–water partition coefficient (Wildman–Crippen LogP) is 1.60. The van der Waals surface area contributed by atoms with Crippen molar-refractivity contribution in [3.05, 3.63) is 51.7 Å². The number of sulfonamides is 1. The van der Waals surface area contributed by atoms with E-state index >= 15 is 0 Å². The van der Waals surface area contributed by atoms with Gasteiger partial charge < -0.3 is 5.32 Å². The van der Waals surface area contributed by atoms with E-state index in [4.69, 9.17) is 10.4 Å². The maximum absolute atomic E-state index is 11.1. The van der Waals surface area contributed by atoms with Crippen molar-refractivity contribution in [2.45, 2.75) is 17.9 Å². The standard InChI is InChI=1S/C14H15N3O2S2/c15-8-12-7-13(20-10-12)9-17-6-5-11-1-3-14(4-2-11)21(16,18)19/h1-4,7,10,17H,5-6,9H2,(H2,16,18,19). The topological polar surface area (TPSA) is 96.0 Å². The van der Waals surface area contributed by atoms with Crippen molar-refractivity contribution in [1.29, 1.82) is 5.26 Å². The lowest BCUT2D eigenvalue weighted by Gasteiger charge is -2.04. The summed E-state index contributed by atoms with van der Waals surface area (Å²) in [4.78, 5) is 1.25. The molecule has 0 fully saturated rings. The Kier molecular flexibility index (Phi) is 5.09. The van der Waals surface area contributed by atoms with Gasteiger partial charge in [-0.1, -0.05) is 12.1 Å². The van der Waals surface area contributed by atoms with Crippen molar-refractivity contribution in [3.63, 3.8) is 0 Å². The minimum atomic E-state index is -3.62. The van der Waals surface area contributed by atoms with E-state index in [1.807, 2.05) is 11.4 Å². The minimum Gasteiger partial charge on any atom is -0.312 e. The number of thiophene rings is 1. The Balaban J connectivity index is 1.80. The van der Waals surface area contributed by atoms with Gasteiger partial charge in [-0.15, -0.1) is 11.3 Å². The lowest BCUT2D eigenvalue weighted by atomic mass is 10.1. The number of benzene rings is 1. The van der Waals surface area contributed by atoms with Gasteiger partial charge in [0.2, 0.25) is 10.0 Å². The van der Waals surface area contributed by atoms with Crippen LogP contribution >= 0.6 is 11.3 Å². The van der Waals surface area contributed by atoms with Crippen LogP contribution in [0.4, 0.5) is 0 Å². The van der Waals surface area contributed by atoms with Crippen molar-refractivity contribution in [3.8, 4) is 6.07 Å². The number of nitrogens with one attached hydrogen (secondary N) is 1. The fourth-order valence-electron chi connectivity index (χ4n) is 1.82. The van der Waals surface area contributed by atoms with Crippen LogP contribution in [0.15, 0.2) is 40.6 Å². The van der Waals surface area contributed by atoms with Crippen LogP contribution in [0, 0.1) is 11.3 Å². The molecule has 0 aliphatic heterocycles. The number of nitrogens with zero attached hydrogens (tertiary/aromatic N) is 1. The molecule has 0 saturated carbocycles. The monoisotopic (exact) mass is 321 g/mol. The second-order valence-electron chi connectivity index (χ2n) is 4.53. The van der Waals surface area contributed by atoms with Gasteiger partial charge in [0.1, 0.15) is 6.07 Å². The average molecular weight is 321 g/mol. The maximum atomic E-state index is 11.1. The maximum Gasteiger partial charge on any atom is 0.238 e. The Bertz CT molecular complexity index is 743. The molecular weight excluding hydrogens is 306 g/mol. The molecule has 3 N–H and O–H groups in total. The lowest BCUT2D eigenvalue weighted by molar-refractivity contribution is 0.597. The Labute approximate surface area is 128 Å². The Morgan fingerprint density at radius 1 is 1.29 bits per heavy atom. The summed E-state index contributed by atoms with van der Waals surface area (Å²) < 4.78 is 22.3. The largest absolute Gasteiger partial charge is 0.312 e. The summed E-state index contributed by atoms with van der Waals surface area (Å²) in [7, 11) is -3.62. The highest BCUT2D eigenvalue weighted by molar-refractivity contribution is 7.89. The highest BCUT2D eigenvalue weighted by Gasteiger charge is 2.06. The van der Waals surface area contributed by atoms with Gasteiger partial charge in [0.05, 0.1) is 10.5 Å². The van der Waals surface area contributed by atoms with Crippen LogP contribution in [0.2, 0.25) is 0 Å². The molecule has 7 heteroatoms. The van der Waals surface area contributed by atoms with Crippen LogP contribution in [0.25, 0.3) is 0 Å². The Morgan fingerprint density at radius 3 is 2.57 bits per heavy atom. The quantitative estimate of drug-likeness (QED) is 0.790. The molecule has 0 atom stereocenters. The molecule has 2 rings (SSSR count). The van der Waals surface area contributed by atoms with Crippen LogP contribution in [0.1, 0.15) is 16.0 Å². The lowest BCUT2D eigenvalue weighted by Crippen LogP contribution is -2.16. The zero-order valence-corrected chi connectivity index (χ0v) is 12.9. The van der Waals surface area contributed by atoms with E-state index in [-0.39, 0.29) is 4.90 Å². The molecule has 5 nitrogen and oxygen atoms in total. The van der Waals surface area contributed by atoms with Gasteiger partial charge in [-0.3, -0.25) is 0 Å². The Hall–Kier alpha value is -1.72. The molecule has 0 spiro atoms. The van der Waals surface area contributed by atoms with Gasteiger partial charge >= 0.3 is 0 Å². The molecule has 0 saturated heterocycles. The van der Waals surface area contributed by atoms with E-state index < -0.39 is 10.0 Å². The van der Waals surface area contributed by atoms with Gasteiger partial charge in [-0.25, -0.2) is 13.6 Å². The Morgan fingerprint density at radius 2 is 2.00 bits per heavy atom. The molecular formula is C14H15N3O2S2. The summed E-state index contributed by atoms with van der Waals surface area (Å²) in [6.45, 7) is 1.50. The molecule has 0 radical (unpaired) electrons. The molecule has 0 unspecified atom stereocenters. The summed E-state index contributed by atoms with van der Waals surface area (Å²) in [6, 6.07) is 10.5. The van der Waals surface area contributed by atoms with Crippen molar-refractivity contribution < 1.29 is 8.42 Å². The highest BCUT2D eigenvalue weighted by atomic mass is 32.2. The predicted molar refractivity (Wildman–Crippen MR) is 82.3 cm³/mol. The molecule has 1 aromatic carbocycles. The van der Waals surface area contributed by atoms with Gasteiger partial charge in [0, 0.05) is 16.8 Å². The van der Waals surface area contributed by atoms with Gasteiger partial charge in [-0.2, -0.15) is 5.26 Å². The number of nitriles is 1. The fourth-order valence-corrected chi connectivity index (χ4v) is 3.12. The molecule has 0 aliphatic rings. The molecule has 1 heterocycles. The molecule has 1 aromatic heterocycles. The van der Waals surface area contributed by atoms with Crippen molar-refractivity contribution in [2.75, 3.05) is 6.54 Å². The third-order valence-electron chi connectivity index (χ3n) is 2.92.